The molecule has 0 aliphatic heterocycles. The van der Waals surface area contributed by atoms with Crippen LogP contribution in [0.2, 0.25) is 5.02 Å². The zero-order valence-corrected chi connectivity index (χ0v) is 16.2. The molecule has 0 spiro atoms. The van der Waals surface area contributed by atoms with Gasteiger partial charge in [-0.05, 0) is 48.5 Å². The summed E-state index contributed by atoms with van der Waals surface area (Å²) in [6, 6.07) is 10.8. The Kier molecular flexibility index (Phi) is 6.65. The minimum atomic E-state index is -3.85. The second-order valence-corrected chi connectivity index (χ2v) is 9.22. The highest BCUT2D eigenvalue weighted by Crippen LogP contribution is 2.14. The van der Waals surface area contributed by atoms with Crippen molar-refractivity contribution in [2.75, 3.05) is 22.3 Å². The summed E-state index contributed by atoms with van der Waals surface area (Å²) in [5.74, 6) is -0.377. The van der Waals surface area contributed by atoms with Crippen LogP contribution < -0.4 is 20.5 Å². The van der Waals surface area contributed by atoms with E-state index in [1.54, 1.807) is 24.3 Å². The van der Waals surface area contributed by atoms with Crippen LogP contribution in [0.3, 0.4) is 0 Å². The van der Waals surface area contributed by atoms with Crippen LogP contribution in [-0.4, -0.2) is 35.2 Å². The van der Waals surface area contributed by atoms with Crippen LogP contribution in [0, 0.1) is 0 Å². The molecule has 146 valence electrons. The van der Waals surface area contributed by atoms with Crippen LogP contribution in [0.4, 0.5) is 16.2 Å². The lowest BCUT2D eigenvalue weighted by Gasteiger charge is -2.10. The molecule has 0 saturated carbocycles. The van der Waals surface area contributed by atoms with Crippen LogP contribution in [0.15, 0.2) is 53.4 Å². The molecule has 2 aromatic carbocycles. The second-order valence-electron chi connectivity index (χ2n) is 5.38. The molecule has 12 heteroatoms. The number of benzene rings is 2. The molecule has 2 amide bonds. The first kappa shape index (κ1) is 21.0. The van der Waals surface area contributed by atoms with Crippen molar-refractivity contribution in [2.45, 2.75) is 4.90 Å². The summed E-state index contributed by atoms with van der Waals surface area (Å²) < 4.78 is 48.7. The lowest BCUT2D eigenvalue weighted by atomic mass is 10.3. The van der Waals surface area contributed by atoms with Crippen LogP contribution in [0.25, 0.3) is 0 Å². The number of anilines is 2. The molecule has 0 aromatic heterocycles. The Morgan fingerprint density at radius 3 is 2.04 bits per heavy atom. The first-order valence-corrected chi connectivity index (χ1v) is 11.1. The first-order valence-electron chi connectivity index (χ1n) is 7.49. The number of halogens is 1. The molecule has 0 atom stereocenters. The Labute approximate surface area is 162 Å². The summed E-state index contributed by atoms with van der Waals surface area (Å²) in [6.07, 6.45) is 0. The fourth-order valence-corrected chi connectivity index (χ4v) is 3.56. The third-order valence-electron chi connectivity index (χ3n) is 3.21. The SMILES string of the molecule is NS(=O)(=O)c1ccc(NS(=O)(=O)CCNC(=O)Nc2ccc(Cl)cc2)cc1. The average molecular weight is 433 g/mol. The van der Waals surface area contributed by atoms with E-state index in [9.17, 15) is 21.6 Å². The second kappa shape index (κ2) is 8.57. The molecule has 9 nitrogen and oxygen atoms in total. The summed E-state index contributed by atoms with van der Waals surface area (Å²) in [7, 11) is -7.60. The number of carbonyl (C=O) groups is 1. The maximum absolute atomic E-state index is 12.0. The van der Waals surface area contributed by atoms with Crippen LogP contribution in [0.5, 0.6) is 0 Å². The molecule has 0 radical (unpaired) electrons. The van der Waals surface area contributed by atoms with Crippen LogP contribution in [0.1, 0.15) is 0 Å². The van der Waals surface area contributed by atoms with Crippen molar-refractivity contribution < 1.29 is 21.6 Å². The summed E-state index contributed by atoms with van der Waals surface area (Å²) in [5.41, 5.74) is 0.681. The number of sulfonamides is 2. The Bertz CT molecular complexity index is 1010. The van der Waals surface area contributed by atoms with Gasteiger partial charge in [0.15, 0.2) is 0 Å². The van der Waals surface area contributed by atoms with Crippen molar-refractivity contribution in [3.63, 3.8) is 0 Å². The molecule has 2 aromatic rings. The van der Waals surface area contributed by atoms with Gasteiger partial charge < -0.3 is 10.6 Å². The Balaban J connectivity index is 1.83. The smallest absolute Gasteiger partial charge is 0.319 e. The van der Waals surface area contributed by atoms with E-state index in [-0.39, 0.29) is 22.9 Å². The molecular weight excluding hydrogens is 416 g/mol. The lowest BCUT2D eigenvalue weighted by molar-refractivity contribution is 0.252. The molecule has 0 unspecified atom stereocenters. The Morgan fingerprint density at radius 2 is 1.48 bits per heavy atom. The van der Waals surface area contributed by atoms with Crippen molar-refractivity contribution in [1.29, 1.82) is 0 Å². The minimum Gasteiger partial charge on any atom is -0.337 e. The van der Waals surface area contributed by atoms with Gasteiger partial charge in [0.1, 0.15) is 0 Å². The number of nitrogens with one attached hydrogen (secondary N) is 3. The molecule has 0 bridgehead atoms. The number of hydrogen-bond acceptors (Lipinski definition) is 5. The molecule has 0 heterocycles. The van der Waals surface area contributed by atoms with Gasteiger partial charge in [-0.25, -0.2) is 26.8 Å². The van der Waals surface area contributed by atoms with Gasteiger partial charge in [-0.1, -0.05) is 11.6 Å². The number of amides is 2. The van der Waals surface area contributed by atoms with Crippen molar-refractivity contribution in [3.8, 4) is 0 Å². The van der Waals surface area contributed by atoms with E-state index in [2.05, 4.69) is 15.4 Å². The normalized spacial score (nSPS) is 11.6. The number of hydrogen-bond donors (Lipinski definition) is 4. The number of urea groups is 1. The highest BCUT2D eigenvalue weighted by Gasteiger charge is 2.13. The van der Waals surface area contributed by atoms with Gasteiger partial charge in [0.2, 0.25) is 20.0 Å². The molecular formula is C15H17ClN4O5S2. The highest BCUT2D eigenvalue weighted by atomic mass is 35.5. The molecule has 0 saturated heterocycles. The molecule has 0 aliphatic rings. The van der Waals surface area contributed by atoms with Gasteiger partial charge in [-0.15, -0.1) is 0 Å². The van der Waals surface area contributed by atoms with Gasteiger partial charge >= 0.3 is 6.03 Å². The number of carbonyl (C=O) groups excluding carboxylic acids is 1. The number of nitrogens with two attached hydrogens (primary N) is 1. The van der Waals surface area contributed by atoms with Gasteiger partial charge in [-0.3, -0.25) is 4.72 Å². The number of rotatable bonds is 7. The van der Waals surface area contributed by atoms with E-state index in [1.807, 2.05) is 0 Å². The topological polar surface area (TPSA) is 147 Å². The Hall–Kier alpha value is -2.34. The third-order valence-corrected chi connectivity index (χ3v) is 5.68. The van der Waals surface area contributed by atoms with Crippen molar-refractivity contribution >= 4 is 49.1 Å². The summed E-state index contributed by atoms with van der Waals surface area (Å²) in [4.78, 5) is 11.6. The summed E-state index contributed by atoms with van der Waals surface area (Å²) in [5, 5.41) is 10.4. The Morgan fingerprint density at radius 1 is 0.926 bits per heavy atom. The van der Waals surface area contributed by atoms with E-state index < -0.39 is 26.1 Å². The summed E-state index contributed by atoms with van der Waals surface area (Å²) >= 11 is 5.74. The van der Waals surface area contributed by atoms with Crippen molar-refractivity contribution in [2.24, 2.45) is 5.14 Å². The monoisotopic (exact) mass is 432 g/mol. The lowest BCUT2D eigenvalue weighted by Crippen LogP contribution is -2.34. The molecule has 0 aliphatic carbocycles. The third kappa shape index (κ3) is 7.06. The average Bonchev–Trinajstić information content (AvgIpc) is 2.56. The van der Waals surface area contributed by atoms with Gasteiger partial charge in [0.25, 0.3) is 0 Å². The van der Waals surface area contributed by atoms with E-state index in [0.29, 0.717) is 10.7 Å². The van der Waals surface area contributed by atoms with Crippen LogP contribution in [-0.2, 0) is 20.0 Å². The molecule has 0 fully saturated rings. The maximum atomic E-state index is 12.0. The van der Waals surface area contributed by atoms with Crippen LogP contribution >= 0.6 is 11.6 Å². The van der Waals surface area contributed by atoms with E-state index in [1.165, 1.54) is 24.3 Å². The standard InChI is InChI=1S/C15H17ClN4O5S2/c16-11-1-3-12(4-2-11)19-15(21)18-9-10-26(22,23)20-13-5-7-14(8-6-13)27(17,24)25/h1-8,20H,9-10H2,(H2,17,24,25)(H2,18,19,21). The minimum absolute atomic E-state index is 0.133. The predicted molar refractivity (Wildman–Crippen MR) is 104 cm³/mol. The van der Waals surface area contributed by atoms with E-state index in [4.69, 9.17) is 16.7 Å². The maximum Gasteiger partial charge on any atom is 0.319 e. The predicted octanol–water partition coefficient (Wildman–Crippen LogP) is 1.55. The zero-order valence-electron chi connectivity index (χ0n) is 13.8. The highest BCUT2D eigenvalue weighted by molar-refractivity contribution is 7.92. The quantitative estimate of drug-likeness (QED) is 0.524. The van der Waals surface area contributed by atoms with Gasteiger partial charge in [-0.2, -0.15) is 0 Å². The largest absolute Gasteiger partial charge is 0.337 e. The van der Waals surface area contributed by atoms with Gasteiger partial charge in [0, 0.05) is 22.9 Å². The molecule has 5 N–H and O–H groups in total. The fraction of sp³-hybridized carbons (Fsp3) is 0.133. The van der Waals surface area contributed by atoms with Crippen molar-refractivity contribution in [1.82, 2.24) is 5.32 Å². The molecule has 27 heavy (non-hydrogen) atoms. The number of primary sulfonamides is 1. The van der Waals surface area contributed by atoms with Crippen molar-refractivity contribution in [3.05, 3.63) is 53.6 Å². The van der Waals surface area contributed by atoms with Gasteiger partial charge in [0.05, 0.1) is 10.6 Å². The zero-order chi connectivity index (χ0) is 20.1. The van der Waals surface area contributed by atoms with E-state index in [0.717, 1.165) is 0 Å². The summed E-state index contributed by atoms with van der Waals surface area (Å²) in [6.45, 7) is -0.135. The molecule has 2 rings (SSSR count). The fourth-order valence-electron chi connectivity index (χ4n) is 1.95. The van der Waals surface area contributed by atoms with E-state index >= 15 is 0 Å². The first-order chi connectivity index (χ1) is 12.5.